The van der Waals surface area contributed by atoms with Crippen LogP contribution in [0.5, 0.6) is 0 Å². The average molecular weight is 188 g/mol. The summed E-state index contributed by atoms with van der Waals surface area (Å²) >= 11 is 0. The van der Waals surface area contributed by atoms with Crippen LogP contribution < -0.4 is 0 Å². The Morgan fingerprint density at radius 2 is 2.08 bits per heavy atom. The van der Waals surface area contributed by atoms with Crippen molar-refractivity contribution < 1.29 is 19.7 Å². The highest BCUT2D eigenvalue weighted by Crippen LogP contribution is 2.29. The Bertz CT molecular complexity index is 182. The number of aliphatic hydroxyl groups excluding tert-OH is 1. The first-order valence-electron chi connectivity index (χ1n) is 4.66. The van der Waals surface area contributed by atoms with Gasteiger partial charge in [0.1, 0.15) is 0 Å². The lowest BCUT2D eigenvalue weighted by Crippen LogP contribution is -2.44. The van der Waals surface area contributed by atoms with Crippen LogP contribution >= 0.6 is 0 Å². The third-order valence-corrected chi connectivity index (χ3v) is 2.44. The van der Waals surface area contributed by atoms with Gasteiger partial charge in [0, 0.05) is 0 Å². The van der Waals surface area contributed by atoms with Crippen molar-refractivity contribution in [2.45, 2.75) is 44.3 Å². The summed E-state index contributed by atoms with van der Waals surface area (Å²) in [6, 6.07) is 0. The third kappa shape index (κ3) is 2.42. The van der Waals surface area contributed by atoms with E-state index in [1.807, 2.05) is 0 Å². The number of hydrogen-bond donors (Lipinski definition) is 2. The Morgan fingerprint density at radius 3 is 2.54 bits per heavy atom. The molecule has 1 rings (SSSR count). The molecule has 4 nitrogen and oxygen atoms in total. The van der Waals surface area contributed by atoms with Crippen LogP contribution in [0, 0.1) is 0 Å². The number of rotatable bonds is 2. The Morgan fingerprint density at radius 1 is 1.54 bits per heavy atom. The standard InChI is InChI=1S/C9H16O4/c1-2-13-8(11)9(12)5-3-7(10)4-6-9/h7,10,12H,2-6H2,1H3. The molecule has 1 fully saturated rings. The normalized spacial score (nSPS) is 34.2. The maximum Gasteiger partial charge on any atom is 0.338 e. The van der Waals surface area contributed by atoms with Crippen molar-refractivity contribution >= 4 is 5.97 Å². The predicted octanol–water partition coefficient (Wildman–Crippen LogP) is 0.215. The molecule has 0 spiro atoms. The van der Waals surface area contributed by atoms with E-state index in [-0.39, 0.29) is 12.7 Å². The first kappa shape index (κ1) is 10.5. The number of hydrogen-bond acceptors (Lipinski definition) is 4. The SMILES string of the molecule is CCOC(=O)C1(O)CCC(O)CC1. The van der Waals surface area contributed by atoms with Gasteiger partial charge in [-0.3, -0.25) is 0 Å². The zero-order valence-electron chi connectivity index (χ0n) is 7.82. The van der Waals surface area contributed by atoms with E-state index in [4.69, 9.17) is 4.74 Å². The number of carbonyl (C=O) groups is 1. The molecule has 4 heteroatoms. The summed E-state index contributed by atoms with van der Waals surface area (Å²) in [5.41, 5.74) is -1.35. The minimum absolute atomic E-state index is 0.281. The van der Waals surface area contributed by atoms with Gasteiger partial charge in [-0.1, -0.05) is 0 Å². The molecule has 0 heterocycles. The maximum atomic E-state index is 11.3. The molecule has 0 aromatic rings. The topological polar surface area (TPSA) is 66.8 Å². The van der Waals surface area contributed by atoms with Gasteiger partial charge in [0.15, 0.2) is 5.60 Å². The minimum Gasteiger partial charge on any atom is -0.464 e. The zero-order valence-corrected chi connectivity index (χ0v) is 7.82. The second-order valence-electron chi connectivity index (χ2n) is 3.48. The fourth-order valence-electron chi connectivity index (χ4n) is 1.55. The van der Waals surface area contributed by atoms with Gasteiger partial charge in [0.2, 0.25) is 0 Å². The zero-order chi connectivity index (χ0) is 9.90. The van der Waals surface area contributed by atoms with Crippen molar-refractivity contribution in [3.05, 3.63) is 0 Å². The molecular formula is C9H16O4. The quantitative estimate of drug-likeness (QED) is 0.608. The molecule has 13 heavy (non-hydrogen) atoms. The van der Waals surface area contributed by atoms with E-state index in [1.54, 1.807) is 6.92 Å². The van der Waals surface area contributed by atoms with Crippen LogP contribution in [-0.4, -0.2) is 34.5 Å². The summed E-state index contributed by atoms with van der Waals surface area (Å²) in [7, 11) is 0. The monoisotopic (exact) mass is 188 g/mol. The van der Waals surface area contributed by atoms with Crippen LogP contribution in [0.2, 0.25) is 0 Å². The lowest BCUT2D eigenvalue weighted by molar-refractivity contribution is -0.170. The Labute approximate surface area is 77.5 Å². The summed E-state index contributed by atoms with van der Waals surface area (Å²) in [5, 5.41) is 19.0. The average Bonchev–Trinajstić information content (AvgIpc) is 2.11. The molecule has 0 amide bonds. The molecule has 0 saturated heterocycles. The first-order chi connectivity index (χ1) is 6.08. The summed E-state index contributed by atoms with van der Waals surface area (Å²) in [6.07, 6.45) is 1.15. The highest BCUT2D eigenvalue weighted by atomic mass is 16.5. The minimum atomic E-state index is -1.35. The Balaban J connectivity index is 2.51. The molecule has 0 atom stereocenters. The highest BCUT2D eigenvalue weighted by Gasteiger charge is 2.40. The van der Waals surface area contributed by atoms with Crippen molar-refractivity contribution in [3.8, 4) is 0 Å². The van der Waals surface area contributed by atoms with Crippen LogP contribution in [0.25, 0.3) is 0 Å². The number of ether oxygens (including phenoxy) is 1. The summed E-state index contributed by atoms with van der Waals surface area (Å²) < 4.78 is 4.75. The molecular weight excluding hydrogens is 172 g/mol. The molecule has 76 valence electrons. The number of carbonyl (C=O) groups excluding carboxylic acids is 1. The molecule has 2 N–H and O–H groups in total. The van der Waals surface area contributed by atoms with Crippen LogP contribution in [-0.2, 0) is 9.53 Å². The van der Waals surface area contributed by atoms with E-state index in [2.05, 4.69) is 0 Å². The molecule has 1 aliphatic carbocycles. The van der Waals surface area contributed by atoms with E-state index in [1.165, 1.54) is 0 Å². The number of esters is 1. The van der Waals surface area contributed by atoms with E-state index in [0.29, 0.717) is 25.7 Å². The Kier molecular flexibility index (Phi) is 3.27. The lowest BCUT2D eigenvalue weighted by Gasteiger charge is -2.31. The van der Waals surface area contributed by atoms with Crippen molar-refractivity contribution in [1.82, 2.24) is 0 Å². The van der Waals surface area contributed by atoms with Crippen molar-refractivity contribution in [3.63, 3.8) is 0 Å². The summed E-state index contributed by atoms with van der Waals surface area (Å²) in [5.74, 6) is -0.554. The van der Waals surface area contributed by atoms with Crippen LogP contribution in [0.1, 0.15) is 32.6 Å². The summed E-state index contributed by atoms with van der Waals surface area (Å²) in [4.78, 5) is 11.3. The lowest BCUT2D eigenvalue weighted by atomic mass is 9.83. The van der Waals surface area contributed by atoms with Gasteiger partial charge in [-0.2, -0.15) is 0 Å². The van der Waals surface area contributed by atoms with Crippen molar-refractivity contribution in [1.29, 1.82) is 0 Å². The Hall–Kier alpha value is -0.610. The predicted molar refractivity (Wildman–Crippen MR) is 46.1 cm³/mol. The second kappa shape index (κ2) is 4.07. The molecule has 0 aromatic carbocycles. The molecule has 0 aromatic heterocycles. The van der Waals surface area contributed by atoms with Gasteiger partial charge in [-0.25, -0.2) is 4.79 Å². The summed E-state index contributed by atoms with van der Waals surface area (Å²) in [6.45, 7) is 1.99. The number of aliphatic hydroxyl groups is 2. The van der Waals surface area contributed by atoms with Crippen molar-refractivity contribution in [2.75, 3.05) is 6.61 Å². The molecule has 0 radical (unpaired) electrons. The fourth-order valence-corrected chi connectivity index (χ4v) is 1.55. The van der Waals surface area contributed by atoms with E-state index in [9.17, 15) is 15.0 Å². The van der Waals surface area contributed by atoms with Crippen LogP contribution in [0.4, 0.5) is 0 Å². The van der Waals surface area contributed by atoms with Gasteiger partial charge >= 0.3 is 5.97 Å². The first-order valence-corrected chi connectivity index (χ1v) is 4.66. The third-order valence-electron chi connectivity index (χ3n) is 2.44. The van der Waals surface area contributed by atoms with Gasteiger partial charge in [0.05, 0.1) is 12.7 Å². The van der Waals surface area contributed by atoms with Gasteiger partial charge < -0.3 is 14.9 Å². The molecule has 1 aliphatic rings. The van der Waals surface area contributed by atoms with E-state index < -0.39 is 11.6 Å². The van der Waals surface area contributed by atoms with Gasteiger partial charge in [-0.15, -0.1) is 0 Å². The molecule has 1 saturated carbocycles. The highest BCUT2D eigenvalue weighted by molar-refractivity contribution is 5.79. The van der Waals surface area contributed by atoms with Gasteiger partial charge in [0.25, 0.3) is 0 Å². The van der Waals surface area contributed by atoms with Crippen molar-refractivity contribution in [2.24, 2.45) is 0 Å². The maximum absolute atomic E-state index is 11.3. The molecule has 0 bridgehead atoms. The second-order valence-corrected chi connectivity index (χ2v) is 3.48. The van der Waals surface area contributed by atoms with Gasteiger partial charge in [-0.05, 0) is 32.6 Å². The van der Waals surface area contributed by atoms with Crippen LogP contribution in [0.3, 0.4) is 0 Å². The van der Waals surface area contributed by atoms with E-state index in [0.717, 1.165) is 0 Å². The largest absolute Gasteiger partial charge is 0.464 e. The smallest absolute Gasteiger partial charge is 0.338 e. The molecule has 0 unspecified atom stereocenters. The van der Waals surface area contributed by atoms with E-state index >= 15 is 0 Å². The van der Waals surface area contributed by atoms with Crippen LogP contribution in [0.15, 0.2) is 0 Å². The fraction of sp³-hybridized carbons (Fsp3) is 0.889. The molecule has 0 aliphatic heterocycles.